The van der Waals surface area contributed by atoms with Gasteiger partial charge in [0.25, 0.3) is 0 Å². The van der Waals surface area contributed by atoms with Crippen molar-refractivity contribution in [2.24, 2.45) is 0 Å². The summed E-state index contributed by atoms with van der Waals surface area (Å²) in [6.07, 6.45) is 1.80. The summed E-state index contributed by atoms with van der Waals surface area (Å²) in [7, 11) is 4.95. The zero-order chi connectivity index (χ0) is 18.4. The molecule has 0 bridgehead atoms. The molecule has 6 nitrogen and oxygen atoms in total. The SMILES string of the molecule is COc1cc(NCCNc2ccnc3ccc(OC)cc23)cc(OC)c1. The third kappa shape index (κ3) is 4.08. The lowest BCUT2D eigenvalue weighted by atomic mass is 10.2. The van der Waals surface area contributed by atoms with Crippen LogP contribution in [0.2, 0.25) is 0 Å². The molecule has 0 spiro atoms. The minimum Gasteiger partial charge on any atom is -0.497 e. The summed E-state index contributed by atoms with van der Waals surface area (Å²) in [6, 6.07) is 13.6. The predicted octanol–water partition coefficient (Wildman–Crippen LogP) is 3.78. The molecule has 2 N–H and O–H groups in total. The second-order valence-electron chi connectivity index (χ2n) is 5.70. The van der Waals surface area contributed by atoms with Crippen LogP contribution in [0.1, 0.15) is 0 Å². The number of rotatable bonds is 8. The molecule has 26 heavy (non-hydrogen) atoms. The first-order chi connectivity index (χ1) is 12.7. The number of benzene rings is 2. The molecule has 0 atom stereocenters. The van der Waals surface area contributed by atoms with Crippen LogP contribution in [0, 0.1) is 0 Å². The van der Waals surface area contributed by atoms with Crippen molar-refractivity contribution in [1.29, 1.82) is 0 Å². The minimum atomic E-state index is 0.740. The Bertz CT molecular complexity index is 861. The summed E-state index contributed by atoms with van der Waals surface area (Å²) in [5, 5.41) is 7.85. The molecular weight excluding hydrogens is 330 g/mol. The van der Waals surface area contributed by atoms with Gasteiger partial charge in [-0.2, -0.15) is 0 Å². The number of anilines is 2. The summed E-state index contributed by atoms with van der Waals surface area (Å²) in [5.41, 5.74) is 2.91. The first kappa shape index (κ1) is 17.7. The Hall–Kier alpha value is -3.15. The monoisotopic (exact) mass is 353 g/mol. The average molecular weight is 353 g/mol. The average Bonchev–Trinajstić information content (AvgIpc) is 2.70. The van der Waals surface area contributed by atoms with E-state index in [9.17, 15) is 0 Å². The minimum absolute atomic E-state index is 0.740. The van der Waals surface area contributed by atoms with Gasteiger partial charge in [-0.3, -0.25) is 4.98 Å². The summed E-state index contributed by atoms with van der Waals surface area (Å²) >= 11 is 0. The number of fused-ring (bicyclic) bond motifs is 1. The van der Waals surface area contributed by atoms with E-state index in [1.807, 2.05) is 42.5 Å². The lowest BCUT2D eigenvalue weighted by Crippen LogP contribution is -2.14. The van der Waals surface area contributed by atoms with Crippen molar-refractivity contribution in [3.63, 3.8) is 0 Å². The topological polar surface area (TPSA) is 64.6 Å². The van der Waals surface area contributed by atoms with Crippen LogP contribution in [0.15, 0.2) is 48.7 Å². The summed E-state index contributed by atoms with van der Waals surface area (Å²) in [4.78, 5) is 4.39. The molecule has 136 valence electrons. The van der Waals surface area contributed by atoms with Crippen molar-refractivity contribution in [3.05, 3.63) is 48.7 Å². The summed E-state index contributed by atoms with van der Waals surface area (Å²) < 4.78 is 15.9. The molecule has 1 heterocycles. The molecule has 0 aliphatic rings. The quantitative estimate of drug-likeness (QED) is 0.601. The third-order valence-corrected chi connectivity index (χ3v) is 4.07. The van der Waals surface area contributed by atoms with Crippen LogP contribution in [0.4, 0.5) is 11.4 Å². The van der Waals surface area contributed by atoms with Crippen molar-refractivity contribution in [2.45, 2.75) is 0 Å². The van der Waals surface area contributed by atoms with Crippen molar-refractivity contribution < 1.29 is 14.2 Å². The highest BCUT2D eigenvalue weighted by Crippen LogP contribution is 2.27. The zero-order valence-corrected chi connectivity index (χ0v) is 15.2. The van der Waals surface area contributed by atoms with Crippen LogP contribution >= 0.6 is 0 Å². The molecular formula is C20H23N3O3. The van der Waals surface area contributed by atoms with Gasteiger partial charge in [-0.15, -0.1) is 0 Å². The van der Waals surface area contributed by atoms with Gasteiger partial charge in [-0.1, -0.05) is 0 Å². The van der Waals surface area contributed by atoms with Gasteiger partial charge in [0.15, 0.2) is 0 Å². The highest BCUT2D eigenvalue weighted by Gasteiger charge is 2.04. The van der Waals surface area contributed by atoms with Gasteiger partial charge in [-0.25, -0.2) is 0 Å². The van der Waals surface area contributed by atoms with E-state index in [0.717, 1.165) is 52.6 Å². The number of pyridine rings is 1. The van der Waals surface area contributed by atoms with Crippen molar-refractivity contribution in [1.82, 2.24) is 4.98 Å². The normalized spacial score (nSPS) is 10.4. The Labute approximate surface area is 153 Å². The lowest BCUT2D eigenvalue weighted by molar-refractivity contribution is 0.394. The molecule has 0 fully saturated rings. The van der Waals surface area contributed by atoms with Gasteiger partial charge in [0.05, 0.1) is 26.8 Å². The van der Waals surface area contributed by atoms with Crippen LogP contribution in [0.5, 0.6) is 17.2 Å². The fraction of sp³-hybridized carbons (Fsp3) is 0.250. The number of ether oxygens (including phenoxy) is 3. The first-order valence-electron chi connectivity index (χ1n) is 8.37. The number of aromatic nitrogens is 1. The predicted molar refractivity (Wildman–Crippen MR) is 105 cm³/mol. The van der Waals surface area contributed by atoms with Crippen molar-refractivity contribution in [3.8, 4) is 17.2 Å². The van der Waals surface area contributed by atoms with Crippen LogP contribution < -0.4 is 24.8 Å². The zero-order valence-electron chi connectivity index (χ0n) is 15.2. The Morgan fingerprint density at radius 3 is 2.15 bits per heavy atom. The Kier molecular flexibility index (Phi) is 5.63. The molecule has 2 aromatic carbocycles. The van der Waals surface area contributed by atoms with E-state index in [1.54, 1.807) is 27.5 Å². The summed E-state index contributed by atoms with van der Waals surface area (Å²) in [6.45, 7) is 1.49. The molecule has 6 heteroatoms. The van der Waals surface area contributed by atoms with E-state index >= 15 is 0 Å². The van der Waals surface area contributed by atoms with Gasteiger partial charge in [0.1, 0.15) is 17.2 Å². The van der Waals surface area contributed by atoms with Crippen LogP contribution in [-0.4, -0.2) is 39.4 Å². The highest BCUT2D eigenvalue weighted by molar-refractivity contribution is 5.92. The van der Waals surface area contributed by atoms with Crippen LogP contribution in [0.3, 0.4) is 0 Å². The molecule has 3 rings (SSSR count). The van der Waals surface area contributed by atoms with Gasteiger partial charge >= 0.3 is 0 Å². The Morgan fingerprint density at radius 2 is 1.46 bits per heavy atom. The second kappa shape index (κ2) is 8.29. The van der Waals surface area contributed by atoms with E-state index in [0.29, 0.717) is 0 Å². The Morgan fingerprint density at radius 1 is 0.769 bits per heavy atom. The number of nitrogens with one attached hydrogen (secondary N) is 2. The van der Waals surface area contributed by atoms with Gasteiger partial charge < -0.3 is 24.8 Å². The molecule has 3 aromatic rings. The van der Waals surface area contributed by atoms with Crippen LogP contribution in [0.25, 0.3) is 10.9 Å². The molecule has 0 aliphatic heterocycles. The van der Waals surface area contributed by atoms with Gasteiger partial charge in [0.2, 0.25) is 0 Å². The standard InChI is InChI=1S/C20H23N3O3/c1-24-15-4-5-19-18(13-15)20(6-7-22-19)23-9-8-21-14-10-16(25-2)12-17(11-14)26-3/h4-7,10-13,21H,8-9H2,1-3H3,(H,22,23). The lowest BCUT2D eigenvalue weighted by Gasteiger charge is -2.13. The number of hydrogen-bond acceptors (Lipinski definition) is 6. The molecule has 0 amide bonds. The molecule has 0 aliphatic carbocycles. The van der Waals surface area contributed by atoms with E-state index < -0.39 is 0 Å². The first-order valence-corrected chi connectivity index (χ1v) is 8.37. The summed E-state index contributed by atoms with van der Waals surface area (Å²) in [5.74, 6) is 2.33. The maximum atomic E-state index is 5.31. The van der Waals surface area contributed by atoms with Crippen molar-refractivity contribution >= 4 is 22.3 Å². The molecule has 0 unspecified atom stereocenters. The van der Waals surface area contributed by atoms with E-state index in [2.05, 4.69) is 15.6 Å². The maximum Gasteiger partial charge on any atom is 0.124 e. The largest absolute Gasteiger partial charge is 0.497 e. The smallest absolute Gasteiger partial charge is 0.124 e. The van der Waals surface area contributed by atoms with E-state index in [4.69, 9.17) is 14.2 Å². The number of methoxy groups -OCH3 is 3. The van der Waals surface area contributed by atoms with Crippen LogP contribution in [-0.2, 0) is 0 Å². The fourth-order valence-electron chi connectivity index (χ4n) is 2.72. The number of hydrogen-bond donors (Lipinski definition) is 2. The Balaban J connectivity index is 1.64. The molecule has 0 radical (unpaired) electrons. The highest BCUT2D eigenvalue weighted by atomic mass is 16.5. The van der Waals surface area contributed by atoms with Gasteiger partial charge in [-0.05, 0) is 24.3 Å². The molecule has 0 saturated heterocycles. The molecule has 0 saturated carbocycles. The van der Waals surface area contributed by atoms with Gasteiger partial charge in [0, 0.05) is 54.2 Å². The molecule has 1 aromatic heterocycles. The third-order valence-electron chi connectivity index (χ3n) is 4.07. The van der Waals surface area contributed by atoms with E-state index in [-0.39, 0.29) is 0 Å². The van der Waals surface area contributed by atoms with Crippen molar-refractivity contribution in [2.75, 3.05) is 45.1 Å². The number of nitrogens with zero attached hydrogens (tertiary/aromatic N) is 1. The maximum absolute atomic E-state index is 5.31. The van der Waals surface area contributed by atoms with E-state index in [1.165, 1.54) is 0 Å². The fourth-order valence-corrected chi connectivity index (χ4v) is 2.72. The second-order valence-corrected chi connectivity index (χ2v) is 5.70.